The SMILES string of the molecule is CCc1ccc(C[n+]2cccc3ccccc32)cc1. The summed E-state index contributed by atoms with van der Waals surface area (Å²) in [5, 5.41) is 1.29. The summed E-state index contributed by atoms with van der Waals surface area (Å²) in [7, 11) is 0. The Hall–Kier alpha value is -2.15. The van der Waals surface area contributed by atoms with Gasteiger partial charge in [0, 0.05) is 23.1 Å². The average Bonchev–Trinajstić information content (AvgIpc) is 2.48. The van der Waals surface area contributed by atoms with E-state index in [0.717, 1.165) is 13.0 Å². The zero-order valence-corrected chi connectivity index (χ0v) is 11.2. The van der Waals surface area contributed by atoms with Gasteiger partial charge in [0.15, 0.2) is 12.7 Å². The minimum Gasteiger partial charge on any atom is -0.194 e. The Morgan fingerprint density at radius 3 is 2.26 bits per heavy atom. The van der Waals surface area contributed by atoms with E-state index in [1.165, 1.54) is 22.0 Å². The molecule has 0 N–H and O–H groups in total. The quantitative estimate of drug-likeness (QED) is 0.622. The zero-order chi connectivity index (χ0) is 13.1. The van der Waals surface area contributed by atoms with Crippen LogP contribution in [0, 0.1) is 0 Å². The maximum atomic E-state index is 2.30. The van der Waals surface area contributed by atoms with Crippen LogP contribution in [0.1, 0.15) is 18.1 Å². The van der Waals surface area contributed by atoms with Gasteiger partial charge < -0.3 is 0 Å². The Morgan fingerprint density at radius 1 is 0.789 bits per heavy atom. The highest BCUT2D eigenvalue weighted by molar-refractivity contribution is 5.74. The number of hydrogen-bond acceptors (Lipinski definition) is 0. The van der Waals surface area contributed by atoms with Crippen molar-refractivity contribution in [2.75, 3.05) is 0 Å². The van der Waals surface area contributed by atoms with E-state index < -0.39 is 0 Å². The molecule has 0 unspecified atom stereocenters. The van der Waals surface area contributed by atoms with Crippen LogP contribution >= 0.6 is 0 Å². The van der Waals surface area contributed by atoms with Crippen molar-refractivity contribution in [1.29, 1.82) is 0 Å². The molecule has 0 bridgehead atoms. The fourth-order valence-corrected chi connectivity index (χ4v) is 2.44. The summed E-state index contributed by atoms with van der Waals surface area (Å²) >= 11 is 0. The number of hydrogen-bond donors (Lipinski definition) is 0. The van der Waals surface area contributed by atoms with E-state index in [1.54, 1.807) is 0 Å². The summed E-state index contributed by atoms with van der Waals surface area (Å²) in [6, 6.07) is 21.7. The van der Waals surface area contributed by atoms with Crippen LogP contribution < -0.4 is 4.57 Å². The highest BCUT2D eigenvalue weighted by Crippen LogP contribution is 2.10. The summed E-state index contributed by atoms with van der Waals surface area (Å²) < 4.78 is 2.30. The van der Waals surface area contributed by atoms with E-state index in [4.69, 9.17) is 0 Å². The van der Waals surface area contributed by atoms with Crippen molar-refractivity contribution < 1.29 is 4.57 Å². The number of benzene rings is 2. The van der Waals surface area contributed by atoms with E-state index in [9.17, 15) is 0 Å². The van der Waals surface area contributed by atoms with Crippen LogP contribution in [0.5, 0.6) is 0 Å². The molecule has 94 valence electrons. The van der Waals surface area contributed by atoms with Gasteiger partial charge in [0.1, 0.15) is 0 Å². The van der Waals surface area contributed by atoms with Crippen molar-refractivity contribution >= 4 is 10.9 Å². The van der Waals surface area contributed by atoms with Crippen molar-refractivity contribution in [3.8, 4) is 0 Å². The fraction of sp³-hybridized carbons (Fsp3) is 0.167. The Bertz CT molecular complexity index is 678. The lowest BCUT2D eigenvalue weighted by Crippen LogP contribution is -2.34. The van der Waals surface area contributed by atoms with Crippen molar-refractivity contribution in [1.82, 2.24) is 0 Å². The van der Waals surface area contributed by atoms with Gasteiger partial charge in [0.25, 0.3) is 0 Å². The van der Waals surface area contributed by atoms with Crippen LogP contribution in [-0.2, 0) is 13.0 Å². The van der Waals surface area contributed by atoms with E-state index in [0.29, 0.717) is 0 Å². The minimum atomic E-state index is 0.922. The molecule has 2 aromatic carbocycles. The third kappa shape index (κ3) is 2.50. The third-order valence-electron chi connectivity index (χ3n) is 3.57. The van der Waals surface area contributed by atoms with Gasteiger partial charge in [0.05, 0.1) is 0 Å². The van der Waals surface area contributed by atoms with Crippen molar-refractivity contribution in [3.63, 3.8) is 0 Å². The highest BCUT2D eigenvalue weighted by Gasteiger charge is 2.08. The van der Waals surface area contributed by atoms with Crippen LogP contribution in [0.3, 0.4) is 0 Å². The van der Waals surface area contributed by atoms with Gasteiger partial charge in [0.2, 0.25) is 5.52 Å². The summed E-state index contributed by atoms with van der Waals surface area (Å²) in [6.45, 7) is 3.11. The predicted octanol–water partition coefficient (Wildman–Crippen LogP) is 3.74. The second-order valence-electron chi connectivity index (χ2n) is 4.86. The monoisotopic (exact) mass is 248 g/mol. The van der Waals surface area contributed by atoms with E-state index in [-0.39, 0.29) is 0 Å². The molecule has 3 rings (SSSR count). The van der Waals surface area contributed by atoms with Crippen LogP contribution in [0.25, 0.3) is 10.9 Å². The van der Waals surface area contributed by atoms with Gasteiger partial charge in [-0.2, -0.15) is 4.57 Å². The van der Waals surface area contributed by atoms with Crippen molar-refractivity contribution in [2.45, 2.75) is 19.9 Å². The van der Waals surface area contributed by atoms with Crippen LogP contribution in [0.2, 0.25) is 0 Å². The first-order chi connectivity index (χ1) is 9.36. The highest BCUT2D eigenvalue weighted by atomic mass is 14.9. The summed E-state index contributed by atoms with van der Waals surface area (Å²) in [4.78, 5) is 0. The van der Waals surface area contributed by atoms with Gasteiger partial charge >= 0.3 is 0 Å². The first-order valence-corrected chi connectivity index (χ1v) is 6.82. The first kappa shape index (κ1) is 11.9. The number of fused-ring (bicyclic) bond motifs is 1. The molecule has 1 nitrogen and oxygen atoms in total. The molecule has 0 fully saturated rings. The molecule has 0 aliphatic rings. The minimum absolute atomic E-state index is 0.922. The number of rotatable bonds is 3. The molecular formula is C18H18N+. The van der Waals surface area contributed by atoms with Crippen LogP contribution in [0.15, 0.2) is 66.9 Å². The number of pyridine rings is 1. The molecule has 0 aliphatic carbocycles. The van der Waals surface area contributed by atoms with Gasteiger partial charge in [-0.15, -0.1) is 0 Å². The van der Waals surface area contributed by atoms with Gasteiger partial charge in [-0.3, -0.25) is 0 Å². The molecule has 0 saturated carbocycles. The molecular weight excluding hydrogens is 230 g/mol. The lowest BCUT2D eigenvalue weighted by atomic mass is 10.1. The Balaban J connectivity index is 1.96. The summed E-state index contributed by atoms with van der Waals surface area (Å²) in [5.74, 6) is 0. The number of aromatic nitrogens is 1. The van der Waals surface area contributed by atoms with E-state index in [1.807, 2.05) is 0 Å². The van der Waals surface area contributed by atoms with Gasteiger partial charge in [-0.1, -0.05) is 43.3 Å². The first-order valence-electron chi connectivity index (χ1n) is 6.82. The van der Waals surface area contributed by atoms with Crippen LogP contribution in [0.4, 0.5) is 0 Å². The number of aryl methyl sites for hydroxylation is 1. The second-order valence-corrected chi connectivity index (χ2v) is 4.86. The van der Waals surface area contributed by atoms with Crippen LogP contribution in [-0.4, -0.2) is 0 Å². The Morgan fingerprint density at radius 2 is 1.47 bits per heavy atom. The van der Waals surface area contributed by atoms with Crippen molar-refractivity contribution in [2.24, 2.45) is 0 Å². The number of nitrogens with zero attached hydrogens (tertiary/aromatic N) is 1. The lowest BCUT2D eigenvalue weighted by molar-refractivity contribution is -0.662. The molecule has 19 heavy (non-hydrogen) atoms. The molecule has 0 radical (unpaired) electrons. The van der Waals surface area contributed by atoms with Gasteiger partial charge in [-0.05, 0) is 24.1 Å². The Labute approximate surface area is 114 Å². The van der Waals surface area contributed by atoms with E-state index >= 15 is 0 Å². The molecule has 1 heteroatoms. The molecule has 3 aromatic rings. The standard InChI is InChI=1S/C18H18N/c1-2-15-9-11-16(12-10-15)14-19-13-5-7-17-6-3-4-8-18(17)19/h3-13H,2,14H2,1H3/q+1. The molecule has 0 saturated heterocycles. The second kappa shape index (κ2) is 5.23. The van der Waals surface area contributed by atoms with Gasteiger partial charge in [-0.25, -0.2) is 0 Å². The normalized spacial score (nSPS) is 10.8. The number of para-hydroxylation sites is 1. The Kier molecular flexibility index (Phi) is 3.28. The fourth-order valence-electron chi connectivity index (χ4n) is 2.44. The van der Waals surface area contributed by atoms with Crippen molar-refractivity contribution in [3.05, 3.63) is 78.0 Å². The lowest BCUT2D eigenvalue weighted by Gasteiger charge is -2.02. The summed E-state index contributed by atoms with van der Waals surface area (Å²) in [6.07, 6.45) is 3.25. The zero-order valence-electron chi connectivity index (χ0n) is 11.2. The van der Waals surface area contributed by atoms with E-state index in [2.05, 4.69) is 78.4 Å². The maximum Gasteiger partial charge on any atom is 0.212 e. The maximum absolute atomic E-state index is 2.30. The summed E-state index contributed by atoms with van der Waals surface area (Å²) in [5.41, 5.74) is 4.02. The predicted molar refractivity (Wildman–Crippen MR) is 79.1 cm³/mol. The molecule has 1 aromatic heterocycles. The molecule has 0 amide bonds. The largest absolute Gasteiger partial charge is 0.212 e. The molecule has 0 spiro atoms. The molecule has 0 aliphatic heterocycles. The molecule has 1 heterocycles. The smallest absolute Gasteiger partial charge is 0.194 e. The average molecular weight is 248 g/mol. The molecule has 0 atom stereocenters. The topological polar surface area (TPSA) is 3.88 Å². The third-order valence-corrected chi connectivity index (χ3v) is 3.57.